The summed E-state index contributed by atoms with van der Waals surface area (Å²) in [5.41, 5.74) is 3.62. The van der Waals surface area contributed by atoms with Gasteiger partial charge >= 0.3 is 6.03 Å². The van der Waals surface area contributed by atoms with Gasteiger partial charge in [0, 0.05) is 51.4 Å². The highest BCUT2D eigenvalue weighted by atomic mass is 16.2. The molecule has 1 aromatic heterocycles. The third kappa shape index (κ3) is 4.09. The first kappa shape index (κ1) is 21.4. The van der Waals surface area contributed by atoms with E-state index in [0.29, 0.717) is 18.0 Å². The van der Waals surface area contributed by atoms with Crippen molar-refractivity contribution in [2.45, 2.75) is 38.4 Å². The van der Waals surface area contributed by atoms with Crippen LogP contribution in [0.1, 0.15) is 25.3 Å². The molecular formula is C27H32N6O. The zero-order valence-electron chi connectivity index (χ0n) is 19.7. The van der Waals surface area contributed by atoms with Gasteiger partial charge in [0.1, 0.15) is 5.82 Å². The molecule has 7 heteroatoms. The van der Waals surface area contributed by atoms with Gasteiger partial charge in [-0.05, 0) is 42.9 Å². The second-order valence-electron chi connectivity index (χ2n) is 10.4. The number of hydrogen-bond acceptors (Lipinski definition) is 5. The second kappa shape index (κ2) is 8.55. The summed E-state index contributed by atoms with van der Waals surface area (Å²) in [6, 6.07) is 19.1. The van der Waals surface area contributed by atoms with E-state index in [1.54, 1.807) is 0 Å². The number of rotatable bonds is 4. The smallest absolute Gasteiger partial charge is 0.317 e. The molecule has 1 N–H and O–H groups in total. The molecule has 3 aliphatic rings. The highest BCUT2D eigenvalue weighted by Crippen LogP contribution is 2.48. The van der Waals surface area contributed by atoms with Crippen LogP contribution in [0.25, 0.3) is 11.0 Å². The van der Waals surface area contributed by atoms with Crippen molar-refractivity contribution in [3.05, 3.63) is 66.4 Å². The summed E-state index contributed by atoms with van der Waals surface area (Å²) in [6.07, 6.45) is 4.05. The Morgan fingerprint density at radius 3 is 2.53 bits per heavy atom. The lowest BCUT2D eigenvalue weighted by molar-refractivity contribution is -0.0810. The monoisotopic (exact) mass is 456 g/mol. The molecule has 1 atom stereocenters. The maximum Gasteiger partial charge on any atom is 0.317 e. The minimum Gasteiger partial charge on any atom is -0.351 e. The minimum absolute atomic E-state index is 0.0806. The molecule has 0 bridgehead atoms. The Labute approximate surface area is 200 Å². The van der Waals surface area contributed by atoms with Crippen LogP contribution >= 0.6 is 0 Å². The number of amides is 2. The SMILES string of the molecule is C[C@@H]1CN(c2cnc3ccccc3n2)CCN1C(=O)NC1CC2(C1)CN(Cc1ccccc1)C2. The average Bonchev–Trinajstić information content (AvgIpc) is 2.81. The summed E-state index contributed by atoms with van der Waals surface area (Å²) < 4.78 is 0. The number of nitrogens with one attached hydrogen (secondary N) is 1. The maximum absolute atomic E-state index is 13.0. The van der Waals surface area contributed by atoms with E-state index >= 15 is 0 Å². The minimum atomic E-state index is 0.0806. The van der Waals surface area contributed by atoms with Crippen LogP contribution in [-0.4, -0.2) is 70.6 Å². The molecule has 2 aliphatic heterocycles. The molecule has 176 valence electrons. The molecule has 3 heterocycles. The van der Waals surface area contributed by atoms with E-state index < -0.39 is 0 Å². The first-order valence-corrected chi connectivity index (χ1v) is 12.4. The summed E-state index contributed by atoms with van der Waals surface area (Å²) in [4.78, 5) is 29.1. The Kier molecular flexibility index (Phi) is 5.37. The van der Waals surface area contributed by atoms with Gasteiger partial charge in [-0.15, -0.1) is 0 Å². The molecule has 2 saturated heterocycles. The van der Waals surface area contributed by atoms with Gasteiger partial charge in [0.2, 0.25) is 0 Å². The lowest BCUT2D eigenvalue weighted by atomic mass is 9.60. The van der Waals surface area contributed by atoms with Gasteiger partial charge < -0.3 is 15.1 Å². The van der Waals surface area contributed by atoms with Crippen LogP contribution < -0.4 is 10.2 Å². The van der Waals surface area contributed by atoms with E-state index in [1.807, 2.05) is 35.4 Å². The number of aromatic nitrogens is 2. The normalized spacial score (nSPS) is 22.4. The third-order valence-corrected chi connectivity index (χ3v) is 7.70. The number of fused-ring (bicyclic) bond motifs is 1. The van der Waals surface area contributed by atoms with Gasteiger partial charge in [-0.25, -0.2) is 9.78 Å². The van der Waals surface area contributed by atoms with Crippen LogP contribution in [0.2, 0.25) is 0 Å². The number of hydrogen-bond donors (Lipinski definition) is 1. The van der Waals surface area contributed by atoms with Crippen LogP contribution in [0.4, 0.5) is 10.6 Å². The molecule has 2 aromatic carbocycles. The quantitative estimate of drug-likeness (QED) is 0.651. The highest BCUT2D eigenvalue weighted by Gasteiger charge is 2.52. The zero-order valence-corrected chi connectivity index (χ0v) is 19.7. The molecule has 7 nitrogen and oxygen atoms in total. The van der Waals surface area contributed by atoms with Crippen molar-refractivity contribution in [1.82, 2.24) is 25.1 Å². The molecule has 1 saturated carbocycles. The van der Waals surface area contributed by atoms with Gasteiger partial charge in [-0.3, -0.25) is 9.88 Å². The average molecular weight is 457 g/mol. The molecule has 0 radical (unpaired) electrons. The van der Waals surface area contributed by atoms with E-state index in [9.17, 15) is 4.79 Å². The summed E-state index contributed by atoms with van der Waals surface area (Å²) in [6.45, 7) is 7.69. The molecule has 3 fully saturated rings. The van der Waals surface area contributed by atoms with E-state index in [2.05, 4.69) is 57.4 Å². The molecule has 3 aromatic rings. The zero-order chi connectivity index (χ0) is 23.1. The Morgan fingerprint density at radius 2 is 1.76 bits per heavy atom. The Hall–Kier alpha value is -3.19. The number of para-hydroxylation sites is 2. The standard InChI is InChI=1S/C27H32N6O/c1-20-16-32(25-15-28-23-9-5-6-10-24(23)30-25)11-12-33(20)26(34)29-22-13-27(14-22)18-31(19-27)17-21-7-3-2-4-8-21/h2-10,15,20,22H,11-14,16-19H2,1H3,(H,29,34)/t20-/m1/s1. The summed E-state index contributed by atoms with van der Waals surface area (Å²) in [5, 5.41) is 3.31. The highest BCUT2D eigenvalue weighted by molar-refractivity contribution is 5.76. The van der Waals surface area contributed by atoms with Crippen molar-refractivity contribution in [3.8, 4) is 0 Å². The van der Waals surface area contributed by atoms with Crippen LogP contribution in [0, 0.1) is 5.41 Å². The van der Waals surface area contributed by atoms with Crippen LogP contribution in [0.3, 0.4) is 0 Å². The predicted octanol–water partition coefficient (Wildman–Crippen LogP) is 3.51. The number of carbonyl (C=O) groups is 1. The first-order valence-electron chi connectivity index (χ1n) is 12.4. The molecule has 6 rings (SSSR count). The number of carbonyl (C=O) groups excluding carboxylic acids is 1. The number of benzene rings is 2. The molecule has 2 amide bonds. The molecule has 0 unspecified atom stereocenters. The largest absolute Gasteiger partial charge is 0.351 e. The number of urea groups is 1. The fourth-order valence-corrected chi connectivity index (χ4v) is 6.03. The molecular weight excluding hydrogens is 424 g/mol. The molecule has 34 heavy (non-hydrogen) atoms. The van der Waals surface area contributed by atoms with Crippen molar-refractivity contribution in [1.29, 1.82) is 0 Å². The lowest BCUT2D eigenvalue weighted by Gasteiger charge is -2.59. The Bertz CT molecular complexity index is 1170. The van der Waals surface area contributed by atoms with Crippen molar-refractivity contribution in [2.24, 2.45) is 5.41 Å². The predicted molar refractivity (Wildman–Crippen MR) is 134 cm³/mol. The van der Waals surface area contributed by atoms with Crippen molar-refractivity contribution in [2.75, 3.05) is 37.6 Å². The summed E-state index contributed by atoms with van der Waals surface area (Å²) in [7, 11) is 0. The van der Waals surface area contributed by atoms with Gasteiger partial charge in [-0.2, -0.15) is 0 Å². The number of nitrogens with zero attached hydrogens (tertiary/aromatic N) is 5. The van der Waals surface area contributed by atoms with Crippen molar-refractivity contribution < 1.29 is 4.79 Å². The topological polar surface area (TPSA) is 64.6 Å². The van der Waals surface area contributed by atoms with E-state index in [-0.39, 0.29) is 12.1 Å². The fourth-order valence-electron chi connectivity index (χ4n) is 6.03. The van der Waals surface area contributed by atoms with E-state index in [4.69, 9.17) is 4.98 Å². The van der Waals surface area contributed by atoms with E-state index in [0.717, 1.165) is 62.4 Å². The molecule has 1 aliphatic carbocycles. The van der Waals surface area contributed by atoms with Crippen LogP contribution in [-0.2, 0) is 6.54 Å². The number of piperazine rings is 1. The van der Waals surface area contributed by atoms with Crippen molar-refractivity contribution in [3.63, 3.8) is 0 Å². The Morgan fingerprint density at radius 1 is 1.03 bits per heavy atom. The van der Waals surface area contributed by atoms with Crippen LogP contribution in [0.5, 0.6) is 0 Å². The fraction of sp³-hybridized carbons (Fsp3) is 0.444. The van der Waals surface area contributed by atoms with Gasteiger partial charge in [0.05, 0.1) is 17.2 Å². The summed E-state index contributed by atoms with van der Waals surface area (Å²) in [5.74, 6) is 0.886. The summed E-state index contributed by atoms with van der Waals surface area (Å²) >= 11 is 0. The van der Waals surface area contributed by atoms with Gasteiger partial charge in [0.25, 0.3) is 0 Å². The number of anilines is 1. The first-order chi connectivity index (χ1) is 16.6. The van der Waals surface area contributed by atoms with Crippen LogP contribution in [0.15, 0.2) is 60.8 Å². The number of likely N-dealkylation sites (tertiary alicyclic amines) is 1. The second-order valence-corrected chi connectivity index (χ2v) is 10.4. The van der Waals surface area contributed by atoms with Gasteiger partial charge in [0.15, 0.2) is 0 Å². The Balaban J connectivity index is 0.976. The van der Waals surface area contributed by atoms with Gasteiger partial charge in [-0.1, -0.05) is 42.5 Å². The maximum atomic E-state index is 13.0. The lowest BCUT2D eigenvalue weighted by Crippen LogP contribution is -2.67. The van der Waals surface area contributed by atoms with Crippen molar-refractivity contribution >= 4 is 22.9 Å². The molecule has 1 spiro atoms. The third-order valence-electron chi connectivity index (χ3n) is 7.70. The van der Waals surface area contributed by atoms with E-state index in [1.165, 1.54) is 5.56 Å².